The van der Waals surface area contributed by atoms with E-state index in [4.69, 9.17) is 19.4 Å². The number of Topliss-reactive ketones (excluding diaryl/α,β-unsaturated/α-hetero) is 1. The maximum atomic E-state index is 13.1. The number of hydrogen-bond acceptors (Lipinski definition) is 13. The van der Waals surface area contributed by atoms with Crippen molar-refractivity contribution in [1.29, 1.82) is 0 Å². The quantitative estimate of drug-likeness (QED) is 0.130. The number of carbonyl (C=O) groups excluding carboxylic acids is 5. The molecule has 0 heterocycles. The van der Waals surface area contributed by atoms with Crippen LogP contribution >= 0.6 is 0 Å². The topological polar surface area (TPSA) is 172 Å². The fourth-order valence-electron chi connectivity index (χ4n) is 25.9. The summed E-state index contributed by atoms with van der Waals surface area (Å²) in [5, 5.41) is 17.1. The number of nitrogens with zero attached hydrogens (tertiary/aromatic N) is 4. The summed E-state index contributed by atoms with van der Waals surface area (Å²) in [5.74, 6) is 9.25. The Balaban J connectivity index is 0.000000109. The van der Waals surface area contributed by atoms with E-state index in [2.05, 4.69) is 41.4 Å². The van der Waals surface area contributed by atoms with E-state index in [9.17, 15) is 24.0 Å². The molecule has 0 aromatic rings. The molecule has 0 aromatic carbocycles. The van der Waals surface area contributed by atoms with Crippen LogP contribution in [0.5, 0.6) is 0 Å². The first-order valence-corrected chi connectivity index (χ1v) is 40.1. The molecule has 0 N–H and O–H groups in total. The predicted octanol–water partition coefficient (Wildman–Crippen LogP) is 19.8. The maximum Gasteiger partial charge on any atom is 0.341 e. The Hall–Kier alpha value is -3.77. The number of carbonyl (C=O) groups is 5. The summed E-state index contributed by atoms with van der Waals surface area (Å²) in [5.41, 5.74) is 2.65. The van der Waals surface area contributed by atoms with Gasteiger partial charge in [0.15, 0.2) is 5.78 Å². The summed E-state index contributed by atoms with van der Waals surface area (Å²) >= 11 is 0. The summed E-state index contributed by atoms with van der Waals surface area (Å²) in [6, 6.07) is 0. The van der Waals surface area contributed by atoms with Gasteiger partial charge in [-0.3, -0.25) is 4.79 Å². The monoisotopic (exact) mass is 1290 g/mol. The maximum absolute atomic E-state index is 13.1. The van der Waals surface area contributed by atoms with Gasteiger partial charge in [0.05, 0.1) is 38.8 Å². The summed E-state index contributed by atoms with van der Waals surface area (Å²) in [6.45, 7) is 6.37. The van der Waals surface area contributed by atoms with Crippen LogP contribution in [0, 0.1) is 109 Å². The molecule has 520 valence electrons. The summed E-state index contributed by atoms with van der Waals surface area (Å²) in [4.78, 5) is 86.2. The zero-order chi connectivity index (χ0) is 64.7. The lowest BCUT2D eigenvalue weighted by atomic mass is 9.49. The molecule has 21 aliphatic rings. The van der Waals surface area contributed by atoms with Gasteiger partial charge in [-0.25, -0.2) is 19.2 Å². The van der Waals surface area contributed by atoms with Crippen LogP contribution in [-0.2, 0) is 43.3 Å². The third kappa shape index (κ3) is 14.4. The zero-order valence-corrected chi connectivity index (χ0v) is 58.8. The highest BCUT2D eigenvalue weighted by Crippen LogP contribution is 2.66. The molecule has 0 saturated heterocycles. The Kier molecular flexibility index (Phi) is 20.4. The lowest BCUT2D eigenvalue weighted by molar-refractivity contribution is -0.172. The summed E-state index contributed by atoms with van der Waals surface area (Å²) in [6.07, 6.45) is 60.3. The lowest BCUT2D eigenvalue weighted by Crippen LogP contribution is -2.50. The van der Waals surface area contributed by atoms with Crippen LogP contribution < -0.4 is 0 Å². The van der Waals surface area contributed by atoms with Crippen LogP contribution in [0.2, 0.25) is 0 Å². The van der Waals surface area contributed by atoms with E-state index in [0.29, 0.717) is 23.5 Å². The highest BCUT2D eigenvalue weighted by Gasteiger charge is 2.66. The van der Waals surface area contributed by atoms with Crippen molar-refractivity contribution >= 4 is 52.5 Å². The molecule has 0 spiro atoms. The number of ketones is 1. The van der Waals surface area contributed by atoms with Crippen molar-refractivity contribution in [3.8, 4) is 0 Å². The van der Waals surface area contributed by atoms with Gasteiger partial charge >= 0.3 is 23.9 Å². The molecule has 2 unspecified atom stereocenters. The van der Waals surface area contributed by atoms with Crippen molar-refractivity contribution in [2.45, 2.75) is 342 Å². The molecule has 94 heavy (non-hydrogen) atoms. The highest BCUT2D eigenvalue weighted by atomic mass is 16.7. The third-order valence-electron chi connectivity index (χ3n) is 29.7. The molecular formula is C81H122N4O9. The minimum atomic E-state index is -0.344. The van der Waals surface area contributed by atoms with Crippen LogP contribution in [-0.4, -0.2) is 52.5 Å². The molecule has 13 nitrogen and oxygen atoms in total. The number of hydrogen-bond donors (Lipinski definition) is 0. The lowest BCUT2D eigenvalue weighted by Gasteiger charge is -2.54. The highest BCUT2D eigenvalue weighted by molar-refractivity contribution is 6.45. The summed E-state index contributed by atoms with van der Waals surface area (Å²) < 4.78 is 0. The average Bonchev–Trinajstić information content (AvgIpc) is 1.57. The number of rotatable bonds is 8. The van der Waals surface area contributed by atoms with Gasteiger partial charge in [-0.2, -0.15) is 0 Å². The van der Waals surface area contributed by atoms with Crippen molar-refractivity contribution in [3.63, 3.8) is 0 Å². The normalized spacial score (nSPS) is 43.0. The minimum Gasteiger partial charge on any atom is -0.318 e. The van der Waals surface area contributed by atoms with Crippen molar-refractivity contribution < 1.29 is 43.3 Å². The molecular weight excluding hydrogens is 1170 g/mol. The Morgan fingerprint density at radius 3 is 0.723 bits per heavy atom. The zero-order valence-electron chi connectivity index (χ0n) is 58.8. The molecule has 2 atom stereocenters. The largest absolute Gasteiger partial charge is 0.341 e. The first-order valence-electron chi connectivity index (χ1n) is 40.1. The van der Waals surface area contributed by atoms with Crippen molar-refractivity contribution in [2.75, 3.05) is 0 Å². The number of fused-ring (bicyclic) bond motifs is 2. The standard InChI is InChI=1S/C26H43NO2.C21H29NO3.C18H27NO2.C16H23NO2/c28-25(26-18-21-15-22(19-26)17-23(16-21)20-26)29-27-24-13-11-9-7-5-3-1-2-4-6-8-10-12-14-24;1-19(2)15-4-5-20(19,3)17(23)16(15)22-25-18(24)21-9-12-6-13(10-21)8-14(7-12)11-21;20-17(21-19-16-5-3-1-2-4-6-16)18-10-13-7-14(11-18)9-15(8-13)12-18;18-15(19-17-14-3-1-2-4-14)16-8-11-5-12(9-16)7-13(6-11)10-16/h21-23H,1-20H2;12-15H,4-11H2,1-3H3;13-15H,1-12H2;11-13H,1-10H2/b;22-16-;;. The molecule has 21 fully saturated rings. The Bertz CT molecular complexity index is 2720. The van der Waals surface area contributed by atoms with Gasteiger partial charge in [-0.05, 0) is 320 Å². The minimum absolute atomic E-state index is 0.00153. The van der Waals surface area contributed by atoms with E-state index in [1.165, 1.54) is 193 Å². The second-order valence-electron chi connectivity index (χ2n) is 37.1. The Morgan fingerprint density at radius 1 is 0.309 bits per heavy atom. The van der Waals surface area contributed by atoms with Crippen molar-refractivity contribution in [1.82, 2.24) is 0 Å². The van der Waals surface area contributed by atoms with Crippen LogP contribution in [0.15, 0.2) is 20.6 Å². The fraction of sp³-hybridized carbons (Fsp3) is 0.889. The average molecular weight is 1300 g/mol. The van der Waals surface area contributed by atoms with E-state index in [1.54, 1.807) is 0 Å². The van der Waals surface area contributed by atoms with Gasteiger partial charge in [-0.1, -0.05) is 118 Å². The first-order chi connectivity index (χ1) is 45.5. The van der Waals surface area contributed by atoms with E-state index < -0.39 is 0 Å². The molecule has 18 bridgehead atoms. The molecule has 21 saturated carbocycles. The third-order valence-corrected chi connectivity index (χ3v) is 29.7. The van der Waals surface area contributed by atoms with Crippen LogP contribution in [0.4, 0.5) is 0 Å². The molecule has 21 rings (SSSR count). The predicted molar refractivity (Wildman–Crippen MR) is 367 cm³/mol. The van der Waals surface area contributed by atoms with Gasteiger partial charge in [0.1, 0.15) is 5.71 Å². The van der Waals surface area contributed by atoms with Gasteiger partial charge in [-0.15, -0.1) is 0 Å². The Morgan fingerprint density at radius 2 is 0.511 bits per heavy atom. The molecule has 0 radical (unpaired) electrons. The molecule has 0 aromatic heterocycles. The first kappa shape index (κ1) is 67.4. The second-order valence-corrected chi connectivity index (χ2v) is 37.1. The van der Waals surface area contributed by atoms with Gasteiger partial charge in [0, 0.05) is 11.3 Å². The van der Waals surface area contributed by atoms with Gasteiger partial charge < -0.3 is 19.4 Å². The van der Waals surface area contributed by atoms with Gasteiger partial charge in [0.25, 0.3) is 0 Å². The van der Waals surface area contributed by atoms with E-state index in [-0.39, 0.29) is 68.1 Å². The molecule has 0 aliphatic heterocycles. The van der Waals surface area contributed by atoms with E-state index >= 15 is 0 Å². The molecule has 13 heteroatoms. The van der Waals surface area contributed by atoms with Crippen LogP contribution in [0.25, 0.3) is 0 Å². The van der Waals surface area contributed by atoms with Gasteiger partial charge in [0.2, 0.25) is 0 Å². The summed E-state index contributed by atoms with van der Waals surface area (Å²) in [7, 11) is 0. The van der Waals surface area contributed by atoms with E-state index in [1.807, 2.05) is 0 Å². The van der Waals surface area contributed by atoms with E-state index in [0.717, 1.165) is 199 Å². The second kappa shape index (κ2) is 28.5. The Labute approximate surface area is 565 Å². The van der Waals surface area contributed by atoms with Crippen LogP contribution in [0.1, 0.15) is 342 Å². The fourth-order valence-corrected chi connectivity index (χ4v) is 25.9. The molecule has 0 amide bonds. The van der Waals surface area contributed by atoms with Crippen molar-refractivity contribution in [2.24, 2.45) is 130 Å². The smallest absolute Gasteiger partial charge is 0.318 e. The SMILES string of the molecule is CC12CCC(/C(=N/OC(=O)C34CC5CC(CC(C5)C3)C4)C1=O)C2(C)C.O=C(ON=C1CCCC1)C12CC3CC(CC(C3)C1)C2.O=C(ON=C1CCCCCC1)C12CC3CC(CC(C3)C1)C2.O=C(ON=C1CCCCCCCCCCCCCC1)C12CC3CC(CC(C3)C1)C2. The van der Waals surface area contributed by atoms with Crippen LogP contribution in [0.3, 0.4) is 0 Å². The number of oxime groups is 4. The molecule has 21 aliphatic carbocycles. The van der Waals surface area contributed by atoms with Crippen molar-refractivity contribution in [3.05, 3.63) is 0 Å².